The molecule has 11 nitrogen and oxygen atoms in total. The van der Waals surface area contributed by atoms with E-state index >= 15 is 0 Å². The fourth-order valence-electron chi connectivity index (χ4n) is 3.20. The number of hydrogen-bond donors (Lipinski definition) is 5. The van der Waals surface area contributed by atoms with E-state index in [1.807, 2.05) is 6.92 Å². The largest absolute Gasteiger partial charge is 0.387 e. The van der Waals surface area contributed by atoms with Gasteiger partial charge in [-0.25, -0.2) is 15.0 Å². The van der Waals surface area contributed by atoms with Crippen molar-refractivity contribution in [1.82, 2.24) is 29.8 Å². The number of ether oxygens (including phenoxy) is 1. The van der Waals surface area contributed by atoms with Crippen LogP contribution in [0.5, 0.6) is 0 Å². The average molecular weight is 366 g/mol. The second-order valence-corrected chi connectivity index (χ2v) is 6.33. The summed E-state index contributed by atoms with van der Waals surface area (Å²) in [6, 6.07) is 0. The molecule has 4 atom stereocenters. The molecule has 26 heavy (non-hydrogen) atoms. The van der Waals surface area contributed by atoms with Crippen molar-refractivity contribution in [2.75, 3.05) is 31.9 Å². The quantitative estimate of drug-likeness (QED) is 0.205. The number of nitrogens with one attached hydrogen (secondary N) is 1. The van der Waals surface area contributed by atoms with Gasteiger partial charge in [0.25, 0.3) is 0 Å². The second kappa shape index (κ2) is 8.20. The number of anilines is 1. The van der Waals surface area contributed by atoms with Crippen LogP contribution in [-0.2, 0) is 4.74 Å². The van der Waals surface area contributed by atoms with Gasteiger partial charge >= 0.3 is 0 Å². The zero-order valence-corrected chi connectivity index (χ0v) is 14.7. The van der Waals surface area contributed by atoms with E-state index in [1.54, 1.807) is 4.57 Å². The highest BCUT2D eigenvalue weighted by Crippen LogP contribution is 2.32. The minimum atomic E-state index is -1.10. The summed E-state index contributed by atoms with van der Waals surface area (Å²) in [5.74, 6) is 5.55. The molecule has 0 spiro atoms. The maximum Gasteiger partial charge on any atom is 0.167 e. The Bertz CT molecular complexity index is 726. The summed E-state index contributed by atoms with van der Waals surface area (Å²) in [4.78, 5) is 14.4. The summed E-state index contributed by atoms with van der Waals surface area (Å²) in [6.45, 7) is 4.85. The van der Waals surface area contributed by atoms with Gasteiger partial charge in [0.15, 0.2) is 17.7 Å². The van der Waals surface area contributed by atoms with Crippen LogP contribution < -0.4 is 17.0 Å². The summed E-state index contributed by atoms with van der Waals surface area (Å²) in [6.07, 6.45) is 0.257. The molecule has 7 N–H and O–H groups in total. The summed E-state index contributed by atoms with van der Waals surface area (Å²) in [7, 11) is 0. The molecule has 1 fully saturated rings. The van der Waals surface area contributed by atoms with Crippen LogP contribution in [0.4, 0.5) is 5.82 Å². The van der Waals surface area contributed by atoms with Crippen molar-refractivity contribution in [3.63, 3.8) is 0 Å². The number of hydrogen-bond acceptors (Lipinski definition) is 10. The molecule has 0 unspecified atom stereocenters. The molecule has 144 valence electrons. The summed E-state index contributed by atoms with van der Waals surface area (Å²) in [5, 5.41) is 20.9. The lowest BCUT2D eigenvalue weighted by molar-refractivity contribution is -0.0438. The van der Waals surface area contributed by atoms with E-state index in [4.69, 9.17) is 16.3 Å². The monoisotopic (exact) mass is 366 g/mol. The first-order chi connectivity index (χ1) is 12.6. The van der Waals surface area contributed by atoms with Crippen LogP contribution in [0.15, 0.2) is 12.7 Å². The Labute approximate surface area is 150 Å². The van der Waals surface area contributed by atoms with E-state index < -0.39 is 24.5 Å². The van der Waals surface area contributed by atoms with Gasteiger partial charge in [-0.1, -0.05) is 6.92 Å². The Kier molecular flexibility index (Phi) is 5.96. The number of nitrogens with two attached hydrogens (primary N) is 2. The number of imidazole rings is 1. The van der Waals surface area contributed by atoms with E-state index in [2.05, 4.69) is 25.3 Å². The van der Waals surface area contributed by atoms with Crippen LogP contribution in [0.3, 0.4) is 0 Å². The highest BCUT2D eigenvalue weighted by atomic mass is 16.6. The maximum absolute atomic E-state index is 10.5. The van der Waals surface area contributed by atoms with E-state index in [1.165, 1.54) is 12.7 Å². The van der Waals surface area contributed by atoms with Gasteiger partial charge in [-0.3, -0.25) is 15.8 Å². The van der Waals surface area contributed by atoms with Crippen LogP contribution in [0.25, 0.3) is 11.2 Å². The molecule has 1 saturated heterocycles. The minimum absolute atomic E-state index is 0.254. The van der Waals surface area contributed by atoms with E-state index in [0.717, 1.165) is 19.5 Å². The van der Waals surface area contributed by atoms with Crippen molar-refractivity contribution < 1.29 is 14.9 Å². The molecule has 0 radical (unpaired) electrons. The van der Waals surface area contributed by atoms with Crippen molar-refractivity contribution in [2.24, 2.45) is 5.84 Å². The third kappa shape index (κ3) is 3.63. The van der Waals surface area contributed by atoms with Gasteiger partial charge in [0.1, 0.15) is 30.2 Å². The molecule has 2 aromatic heterocycles. The van der Waals surface area contributed by atoms with Crippen molar-refractivity contribution in [2.45, 2.75) is 37.9 Å². The zero-order chi connectivity index (χ0) is 18.7. The van der Waals surface area contributed by atoms with E-state index in [-0.39, 0.29) is 5.82 Å². The van der Waals surface area contributed by atoms with Gasteiger partial charge in [-0.05, 0) is 19.5 Å². The number of aliphatic hydroxyl groups excluding tert-OH is 2. The highest BCUT2D eigenvalue weighted by molar-refractivity contribution is 5.81. The molecule has 0 aromatic carbocycles. The Morgan fingerprint density at radius 1 is 1.31 bits per heavy atom. The van der Waals surface area contributed by atoms with Crippen molar-refractivity contribution in [1.29, 1.82) is 0 Å². The first-order valence-electron chi connectivity index (χ1n) is 8.67. The second-order valence-electron chi connectivity index (χ2n) is 6.33. The van der Waals surface area contributed by atoms with Crippen LogP contribution in [0.1, 0.15) is 19.6 Å². The molecule has 0 saturated carbocycles. The third-order valence-electron chi connectivity index (χ3n) is 4.68. The topological polar surface area (TPSA) is 161 Å². The lowest BCUT2D eigenvalue weighted by Gasteiger charge is -2.25. The summed E-state index contributed by atoms with van der Waals surface area (Å²) in [5.41, 5.74) is 9.31. The third-order valence-corrected chi connectivity index (χ3v) is 4.68. The number of rotatable bonds is 8. The van der Waals surface area contributed by atoms with Crippen LogP contribution in [0, 0.1) is 0 Å². The van der Waals surface area contributed by atoms with E-state index in [0.29, 0.717) is 24.3 Å². The SMILES string of the molecule is CCN(CCCNN)C[C@H]1O[C@@H](n2cnc3c(N)ncnc32)[C@H](O)[C@@H]1O. The molecule has 2 aromatic rings. The number of nitrogen functional groups attached to an aromatic ring is 1. The van der Waals surface area contributed by atoms with Gasteiger partial charge in [-0.15, -0.1) is 0 Å². The van der Waals surface area contributed by atoms with Gasteiger partial charge in [0.2, 0.25) is 0 Å². The van der Waals surface area contributed by atoms with Gasteiger partial charge in [-0.2, -0.15) is 0 Å². The van der Waals surface area contributed by atoms with Crippen LogP contribution in [0.2, 0.25) is 0 Å². The van der Waals surface area contributed by atoms with Crippen LogP contribution in [-0.4, -0.2) is 79.1 Å². The Hall–Kier alpha value is -1.89. The molecule has 0 aliphatic carbocycles. The van der Waals surface area contributed by atoms with Gasteiger partial charge < -0.3 is 25.6 Å². The molecular weight excluding hydrogens is 340 g/mol. The summed E-state index contributed by atoms with van der Waals surface area (Å²) >= 11 is 0. The maximum atomic E-state index is 10.5. The molecule has 0 amide bonds. The van der Waals surface area contributed by atoms with Crippen molar-refractivity contribution in [3.8, 4) is 0 Å². The average Bonchev–Trinajstić information content (AvgIpc) is 3.18. The molecule has 3 rings (SSSR count). The Morgan fingerprint density at radius 3 is 2.85 bits per heavy atom. The number of nitrogens with zero attached hydrogens (tertiary/aromatic N) is 5. The predicted octanol–water partition coefficient (Wildman–Crippen LogP) is -1.80. The predicted molar refractivity (Wildman–Crippen MR) is 94.6 cm³/mol. The van der Waals surface area contributed by atoms with Gasteiger partial charge in [0.05, 0.1) is 6.33 Å². The minimum Gasteiger partial charge on any atom is -0.387 e. The fraction of sp³-hybridized carbons (Fsp3) is 0.667. The number of hydrazine groups is 1. The fourth-order valence-corrected chi connectivity index (χ4v) is 3.20. The van der Waals surface area contributed by atoms with Crippen molar-refractivity contribution >= 4 is 17.0 Å². The molecule has 1 aliphatic rings. The molecule has 0 bridgehead atoms. The van der Waals surface area contributed by atoms with Gasteiger partial charge in [0, 0.05) is 13.1 Å². The van der Waals surface area contributed by atoms with Crippen LogP contribution >= 0.6 is 0 Å². The molecule has 3 heterocycles. The number of aliphatic hydroxyl groups is 2. The normalized spacial score (nSPS) is 26.2. The Morgan fingerprint density at radius 2 is 2.12 bits per heavy atom. The number of aromatic nitrogens is 4. The lowest BCUT2D eigenvalue weighted by atomic mass is 10.1. The molecule has 11 heteroatoms. The number of likely N-dealkylation sites (N-methyl/N-ethyl adjacent to an activating group) is 1. The number of fused-ring (bicyclic) bond motifs is 1. The first-order valence-corrected chi connectivity index (χ1v) is 8.67. The van der Waals surface area contributed by atoms with Crippen molar-refractivity contribution in [3.05, 3.63) is 12.7 Å². The lowest BCUT2D eigenvalue weighted by Crippen LogP contribution is -2.41. The molecular formula is C15H26N8O3. The van der Waals surface area contributed by atoms with E-state index in [9.17, 15) is 10.2 Å². The highest BCUT2D eigenvalue weighted by Gasteiger charge is 2.44. The Balaban J connectivity index is 1.73. The smallest absolute Gasteiger partial charge is 0.167 e. The standard InChI is InChI=1S/C15H26N8O3/c1-2-22(5-3-4-21-17)6-9-11(24)12(25)15(26-9)23-8-20-10-13(16)18-7-19-14(10)23/h7-9,11-12,15,21,24-25H,2-6,17H2,1H3,(H2,16,18,19)/t9-,11-,12-,15-/m1/s1. The summed E-state index contributed by atoms with van der Waals surface area (Å²) < 4.78 is 7.54. The first kappa shape index (κ1) is 18.9. The zero-order valence-electron chi connectivity index (χ0n) is 14.7. The molecule has 1 aliphatic heterocycles.